The van der Waals surface area contributed by atoms with Gasteiger partial charge in [-0.3, -0.25) is 0 Å². The maximum Gasteiger partial charge on any atom is 0.411 e. The second kappa shape index (κ2) is 6.16. The summed E-state index contributed by atoms with van der Waals surface area (Å²) in [6.07, 6.45) is -4.18. The van der Waals surface area contributed by atoms with Crippen LogP contribution in [0.2, 0.25) is 0 Å². The molecule has 20 heavy (non-hydrogen) atoms. The summed E-state index contributed by atoms with van der Waals surface area (Å²) in [5.74, 6) is -0.955. The minimum Gasteiger partial charge on any atom is -0.479 e. The lowest BCUT2D eigenvalue weighted by molar-refractivity contribution is -0.173. The maximum atomic E-state index is 11.9. The van der Waals surface area contributed by atoms with E-state index in [1.54, 1.807) is 6.92 Å². The van der Waals surface area contributed by atoms with Crippen LogP contribution in [0.15, 0.2) is 0 Å². The molecule has 0 saturated heterocycles. The lowest BCUT2D eigenvalue weighted by Gasteiger charge is -2.23. The van der Waals surface area contributed by atoms with E-state index in [-0.39, 0.29) is 25.3 Å². The van der Waals surface area contributed by atoms with E-state index in [0.29, 0.717) is 0 Å². The van der Waals surface area contributed by atoms with Crippen molar-refractivity contribution < 1.29 is 27.8 Å². The van der Waals surface area contributed by atoms with Crippen molar-refractivity contribution in [2.24, 2.45) is 0 Å². The summed E-state index contributed by atoms with van der Waals surface area (Å²) in [4.78, 5) is 11.3. The minimum absolute atomic E-state index is 0.00799. The number of tetrazole rings is 1. The van der Waals surface area contributed by atoms with Crippen LogP contribution in [0.1, 0.15) is 26.1 Å². The molecule has 0 aliphatic carbocycles. The molecular weight excluding hydrogens is 281 g/mol. The number of aliphatic carboxylic acids is 1. The van der Waals surface area contributed by atoms with Crippen molar-refractivity contribution in [3.8, 4) is 0 Å². The molecule has 0 saturated carbocycles. The normalized spacial score (nSPS) is 15.1. The summed E-state index contributed by atoms with van der Waals surface area (Å²) in [7, 11) is 0. The zero-order valence-electron chi connectivity index (χ0n) is 11.0. The zero-order valence-corrected chi connectivity index (χ0v) is 11.0. The van der Waals surface area contributed by atoms with E-state index in [2.05, 4.69) is 20.3 Å². The predicted octanol–water partition coefficient (Wildman–Crippen LogP) is 1.00. The molecule has 1 N–H and O–H groups in total. The first-order valence-electron chi connectivity index (χ1n) is 5.86. The SMILES string of the molecule is CCC(C)(C(=O)O)n1nnnc1CCOCC(F)(F)F. The number of halogens is 3. The number of hydrogen-bond acceptors (Lipinski definition) is 5. The molecule has 10 heteroatoms. The monoisotopic (exact) mass is 296 g/mol. The largest absolute Gasteiger partial charge is 0.479 e. The van der Waals surface area contributed by atoms with Gasteiger partial charge in [-0.05, 0) is 23.8 Å². The fourth-order valence-electron chi connectivity index (χ4n) is 1.49. The summed E-state index contributed by atoms with van der Waals surface area (Å²) in [5, 5.41) is 19.8. The Kier molecular flexibility index (Phi) is 5.03. The van der Waals surface area contributed by atoms with Gasteiger partial charge in [0.1, 0.15) is 6.61 Å². The molecular formula is C10H15F3N4O3. The Labute approximate surface area is 112 Å². The molecule has 1 heterocycles. The molecule has 1 unspecified atom stereocenters. The van der Waals surface area contributed by atoms with Gasteiger partial charge in [-0.1, -0.05) is 6.92 Å². The molecule has 7 nitrogen and oxygen atoms in total. The zero-order chi connectivity index (χ0) is 15.4. The summed E-state index contributed by atoms with van der Waals surface area (Å²) in [6.45, 7) is 1.48. The molecule has 1 atom stereocenters. The van der Waals surface area contributed by atoms with Crippen molar-refractivity contribution in [1.29, 1.82) is 0 Å². The van der Waals surface area contributed by atoms with Crippen LogP contribution in [0.5, 0.6) is 0 Å². The fourth-order valence-corrected chi connectivity index (χ4v) is 1.49. The highest BCUT2D eigenvalue weighted by atomic mass is 19.4. The number of hydrogen-bond donors (Lipinski definition) is 1. The standard InChI is InChI=1S/C10H15F3N4O3/c1-3-9(2,8(18)19)17-7(14-15-16-17)4-5-20-6-10(11,12)13/h3-6H2,1-2H3,(H,18,19). The molecule has 0 aliphatic heterocycles. The lowest BCUT2D eigenvalue weighted by atomic mass is 9.99. The number of ether oxygens (including phenoxy) is 1. The van der Waals surface area contributed by atoms with E-state index < -0.39 is 24.3 Å². The molecule has 0 radical (unpaired) electrons. The van der Waals surface area contributed by atoms with Crippen molar-refractivity contribution in [1.82, 2.24) is 20.2 Å². The van der Waals surface area contributed by atoms with Gasteiger partial charge in [0.05, 0.1) is 6.61 Å². The number of alkyl halides is 3. The van der Waals surface area contributed by atoms with Crippen molar-refractivity contribution in [2.75, 3.05) is 13.2 Å². The van der Waals surface area contributed by atoms with Crippen LogP contribution in [0, 0.1) is 0 Å². The number of nitrogens with zero attached hydrogens (tertiary/aromatic N) is 4. The van der Waals surface area contributed by atoms with Crippen LogP contribution >= 0.6 is 0 Å². The summed E-state index contributed by atoms with van der Waals surface area (Å²) < 4.78 is 41.3. The first-order chi connectivity index (χ1) is 9.20. The Morgan fingerprint density at radius 1 is 1.45 bits per heavy atom. The van der Waals surface area contributed by atoms with Crippen LogP contribution < -0.4 is 0 Å². The van der Waals surface area contributed by atoms with Gasteiger partial charge in [0.15, 0.2) is 11.4 Å². The highest BCUT2D eigenvalue weighted by molar-refractivity contribution is 5.76. The second-order valence-corrected chi connectivity index (χ2v) is 4.36. The Morgan fingerprint density at radius 2 is 2.10 bits per heavy atom. The van der Waals surface area contributed by atoms with Crippen molar-refractivity contribution in [3.05, 3.63) is 5.82 Å². The number of rotatable bonds is 7. The van der Waals surface area contributed by atoms with Crippen LogP contribution in [-0.4, -0.2) is 50.7 Å². The number of carbonyl (C=O) groups is 1. The van der Waals surface area contributed by atoms with Gasteiger partial charge >= 0.3 is 12.1 Å². The third kappa shape index (κ3) is 3.89. The maximum absolute atomic E-state index is 11.9. The van der Waals surface area contributed by atoms with E-state index in [9.17, 15) is 23.1 Å². The summed E-state index contributed by atoms with van der Waals surface area (Å²) in [6, 6.07) is 0. The third-order valence-electron chi connectivity index (χ3n) is 2.89. The molecule has 114 valence electrons. The van der Waals surface area contributed by atoms with Crippen LogP contribution in [0.3, 0.4) is 0 Å². The van der Waals surface area contributed by atoms with Gasteiger partial charge in [0.25, 0.3) is 0 Å². The van der Waals surface area contributed by atoms with Crippen LogP contribution in [-0.2, 0) is 21.5 Å². The molecule has 1 aromatic rings. The van der Waals surface area contributed by atoms with Gasteiger partial charge in [-0.25, -0.2) is 9.48 Å². The van der Waals surface area contributed by atoms with Gasteiger partial charge in [-0.2, -0.15) is 13.2 Å². The Hall–Kier alpha value is -1.71. The van der Waals surface area contributed by atoms with Crippen molar-refractivity contribution in [2.45, 2.75) is 38.4 Å². The van der Waals surface area contributed by atoms with Crippen LogP contribution in [0.4, 0.5) is 13.2 Å². The van der Waals surface area contributed by atoms with E-state index in [1.807, 2.05) is 0 Å². The van der Waals surface area contributed by atoms with E-state index in [4.69, 9.17) is 0 Å². The van der Waals surface area contributed by atoms with Gasteiger partial charge in [0.2, 0.25) is 0 Å². The van der Waals surface area contributed by atoms with Gasteiger partial charge < -0.3 is 9.84 Å². The molecule has 1 rings (SSSR count). The lowest BCUT2D eigenvalue weighted by Crippen LogP contribution is -2.40. The van der Waals surface area contributed by atoms with Crippen molar-refractivity contribution in [3.63, 3.8) is 0 Å². The molecule has 0 fully saturated rings. The van der Waals surface area contributed by atoms with E-state index in [1.165, 1.54) is 6.92 Å². The van der Waals surface area contributed by atoms with Gasteiger partial charge in [-0.15, -0.1) is 5.10 Å². The van der Waals surface area contributed by atoms with Crippen molar-refractivity contribution >= 4 is 5.97 Å². The molecule has 0 amide bonds. The molecule has 0 bridgehead atoms. The minimum atomic E-state index is -4.40. The number of carboxylic acid groups (broad SMARTS) is 1. The fraction of sp³-hybridized carbons (Fsp3) is 0.800. The molecule has 1 aromatic heterocycles. The topological polar surface area (TPSA) is 90.1 Å². The quantitative estimate of drug-likeness (QED) is 0.755. The summed E-state index contributed by atoms with van der Waals surface area (Å²) in [5.41, 5.74) is -1.34. The smallest absolute Gasteiger partial charge is 0.411 e. The first-order valence-corrected chi connectivity index (χ1v) is 5.86. The summed E-state index contributed by atoms with van der Waals surface area (Å²) >= 11 is 0. The highest BCUT2D eigenvalue weighted by Gasteiger charge is 2.36. The molecule has 0 aliphatic rings. The first kappa shape index (κ1) is 16.3. The van der Waals surface area contributed by atoms with E-state index >= 15 is 0 Å². The van der Waals surface area contributed by atoms with Crippen LogP contribution in [0.25, 0.3) is 0 Å². The number of aromatic nitrogens is 4. The third-order valence-corrected chi connectivity index (χ3v) is 2.89. The number of carboxylic acids is 1. The average molecular weight is 296 g/mol. The Bertz CT molecular complexity index is 463. The average Bonchev–Trinajstić information content (AvgIpc) is 2.81. The highest BCUT2D eigenvalue weighted by Crippen LogP contribution is 2.21. The second-order valence-electron chi connectivity index (χ2n) is 4.36. The Balaban J connectivity index is 2.70. The Morgan fingerprint density at radius 3 is 2.60 bits per heavy atom. The molecule has 0 spiro atoms. The molecule has 0 aromatic carbocycles. The predicted molar refractivity (Wildman–Crippen MR) is 60.0 cm³/mol. The van der Waals surface area contributed by atoms with Gasteiger partial charge in [0, 0.05) is 6.42 Å². The van der Waals surface area contributed by atoms with E-state index in [0.717, 1.165) is 4.68 Å².